The third-order valence-corrected chi connectivity index (χ3v) is 1.73. The van der Waals surface area contributed by atoms with Gasteiger partial charge in [0.05, 0.1) is 12.3 Å². The molecular weight excluding hydrogens is 152 g/mol. The van der Waals surface area contributed by atoms with Crippen LogP contribution in [0.15, 0.2) is 18.3 Å². The lowest BCUT2D eigenvalue weighted by Crippen LogP contribution is -2.28. The van der Waals surface area contributed by atoms with Crippen LogP contribution in [-0.2, 0) is 12.1 Å². The Bertz CT molecular complexity index is 248. The second-order valence-electron chi connectivity index (χ2n) is 3.42. The van der Waals surface area contributed by atoms with Gasteiger partial charge in [0.15, 0.2) is 0 Å². The maximum atomic E-state index is 8.74. The Kier molecular flexibility index (Phi) is 2.45. The summed E-state index contributed by atoms with van der Waals surface area (Å²) in [5, 5.41) is 8.74. The van der Waals surface area contributed by atoms with E-state index in [4.69, 9.17) is 10.8 Å². The fraction of sp³-hybridized carbons (Fsp3) is 0.444. The van der Waals surface area contributed by atoms with Crippen molar-refractivity contribution < 1.29 is 5.11 Å². The Balaban J connectivity index is 2.93. The zero-order chi connectivity index (χ0) is 9.19. The van der Waals surface area contributed by atoms with E-state index in [0.717, 1.165) is 5.56 Å². The molecule has 0 spiro atoms. The first-order valence-electron chi connectivity index (χ1n) is 3.89. The molecule has 1 aromatic heterocycles. The van der Waals surface area contributed by atoms with Gasteiger partial charge in [-0.25, -0.2) is 0 Å². The van der Waals surface area contributed by atoms with Gasteiger partial charge in [-0.2, -0.15) is 0 Å². The number of hydrogen-bond donors (Lipinski definition) is 2. The molecule has 1 aromatic rings. The fourth-order valence-electron chi connectivity index (χ4n) is 0.899. The average Bonchev–Trinajstić information content (AvgIpc) is 2.03. The van der Waals surface area contributed by atoms with E-state index in [9.17, 15) is 0 Å². The lowest BCUT2D eigenvalue weighted by Gasteiger charge is -2.18. The standard InChI is InChI=1S/C9H14N2O/c1-9(2,10)7-3-4-8(6-12)11-5-7/h3-5,12H,6,10H2,1-2H3. The summed E-state index contributed by atoms with van der Waals surface area (Å²) in [6, 6.07) is 3.67. The molecule has 0 unspecified atom stereocenters. The summed E-state index contributed by atoms with van der Waals surface area (Å²) in [7, 11) is 0. The molecule has 0 bridgehead atoms. The predicted molar refractivity (Wildman–Crippen MR) is 47.4 cm³/mol. The number of nitrogens with two attached hydrogens (primary N) is 1. The topological polar surface area (TPSA) is 59.1 Å². The van der Waals surface area contributed by atoms with Crippen molar-refractivity contribution >= 4 is 0 Å². The summed E-state index contributed by atoms with van der Waals surface area (Å²) in [6.45, 7) is 3.82. The minimum Gasteiger partial charge on any atom is -0.390 e. The number of hydrogen-bond acceptors (Lipinski definition) is 3. The highest BCUT2D eigenvalue weighted by Crippen LogP contribution is 2.15. The normalized spacial score (nSPS) is 11.7. The third-order valence-electron chi connectivity index (χ3n) is 1.73. The zero-order valence-corrected chi connectivity index (χ0v) is 7.41. The van der Waals surface area contributed by atoms with Gasteiger partial charge < -0.3 is 10.8 Å². The molecule has 3 nitrogen and oxygen atoms in total. The largest absolute Gasteiger partial charge is 0.390 e. The van der Waals surface area contributed by atoms with E-state index in [2.05, 4.69) is 4.98 Å². The molecule has 3 N–H and O–H groups in total. The Labute approximate surface area is 72.2 Å². The summed E-state index contributed by atoms with van der Waals surface area (Å²) < 4.78 is 0. The van der Waals surface area contributed by atoms with Crippen LogP contribution in [0, 0.1) is 0 Å². The highest BCUT2D eigenvalue weighted by molar-refractivity contribution is 5.20. The van der Waals surface area contributed by atoms with Gasteiger partial charge >= 0.3 is 0 Å². The Morgan fingerprint density at radius 2 is 2.17 bits per heavy atom. The van der Waals surface area contributed by atoms with Crippen molar-refractivity contribution in [3.63, 3.8) is 0 Å². The summed E-state index contributed by atoms with van der Waals surface area (Å²) in [4.78, 5) is 4.03. The van der Waals surface area contributed by atoms with E-state index < -0.39 is 0 Å². The van der Waals surface area contributed by atoms with Crippen molar-refractivity contribution in [3.8, 4) is 0 Å². The maximum Gasteiger partial charge on any atom is 0.0852 e. The second-order valence-corrected chi connectivity index (χ2v) is 3.42. The number of rotatable bonds is 2. The van der Waals surface area contributed by atoms with Crippen molar-refractivity contribution in [1.29, 1.82) is 0 Å². The number of aliphatic hydroxyl groups excluding tert-OH is 1. The number of pyridine rings is 1. The summed E-state index contributed by atoms with van der Waals surface area (Å²) in [6.07, 6.45) is 1.70. The van der Waals surface area contributed by atoms with Crippen molar-refractivity contribution in [1.82, 2.24) is 4.98 Å². The molecule has 3 heteroatoms. The highest BCUT2D eigenvalue weighted by Gasteiger charge is 2.13. The number of aromatic nitrogens is 1. The molecule has 1 heterocycles. The first kappa shape index (κ1) is 9.16. The van der Waals surface area contributed by atoms with E-state index in [1.807, 2.05) is 19.9 Å². The van der Waals surface area contributed by atoms with E-state index in [1.165, 1.54) is 0 Å². The van der Waals surface area contributed by atoms with Crippen molar-refractivity contribution in [2.45, 2.75) is 26.0 Å². The smallest absolute Gasteiger partial charge is 0.0852 e. The Hall–Kier alpha value is -0.930. The molecule has 0 saturated heterocycles. The lowest BCUT2D eigenvalue weighted by atomic mass is 9.97. The highest BCUT2D eigenvalue weighted by atomic mass is 16.3. The summed E-state index contributed by atoms with van der Waals surface area (Å²) >= 11 is 0. The van der Waals surface area contributed by atoms with Crippen molar-refractivity contribution in [2.24, 2.45) is 5.73 Å². The van der Waals surface area contributed by atoms with Gasteiger partial charge in [0.1, 0.15) is 0 Å². The van der Waals surface area contributed by atoms with Gasteiger partial charge in [-0.15, -0.1) is 0 Å². The van der Waals surface area contributed by atoms with Gasteiger partial charge in [0.2, 0.25) is 0 Å². The van der Waals surface area contributed by atoms with Crippen molar-refractivity contribution in [2.75, 3.05) is 0 Å². The molecule has 0 aliphatic carbocycles. The van der Waals surface area contributed by atoms with Crippen LogP contribution in [0.1, 0.15) is 25.1 Å². The van der Waals surface area contributed by atoms with Crippen LogP contribution in [0.3, 0.4) is 0 Å². The zero-order valence-electron chi connectivity index (χ0n) is 7.41. The third kappa shape index (κ3) is 2.03. The quantitative estimate of drug-likeness (QED) is 0.682. The SMILES string of the molecule is CC(C)(N)c1ccc(CO)nc1. The summed E-state index contributed by atoms with van der Waals surface area (Å²) in [5.74, 6) is 0. The Morgan fingerprint density at radius 3 is 2.50 bits per heavy atom. The minimum absolute atomic E-state index is 0.0225. The van der Waals surface area contributed by atoms with Gasteiger partial charge in [-0.3, -0.25) is 4.98 Å². The fourth-order valence-corrected chi connectivity index (χ4v) is 0.899. The summed E-state index contributed by atoms with van der Waals surface area (Å²) in [5.41, 5.74) is 7.13. The first-order chi connectivity index (χ1) is 5.54. The minimum atomic E-state index is -0.360. The van der Waals surface area contributed by atoms with Gasteiger partial charge in [-0.05, 0) is 25.5 Å². The molecule has 0 aromatic carbocycles. The van der Waals surface area contributed by atoms with E-state index >= 15 is 0 Å². The van der Waals surface area contributed by atoms with Gasteiger partial charge in [0, 0.05) is 11.7 Å². The molecule has 0 fully saturated rings. The molecule has 0 atom stereocenters. The van der Waals surface area contributed by atoms with E-state index in [-0.39, 0.29) is 12.1 Å². The lowest BCUT2D eigenvalue weighted by molar-refractivity contribution is 0.276. The van der Waals surface area contributed by atoms with Crippen molar-refractivity contribution in [3.05, 3.63) is 29.6 Å². The maximum absolute atomic E-state index is 8.74. The van der Waals surface area contributed by atoms with E-state index in [1.54, 1.807) is 12.3 Å². The predicted octanol–water partition coefficient (Wildman–Crippen LogP) is 0.768. The molecule has 12 heavy (non-hydrogen) atoms. The van der Waals surface area contributed by atoms with E-state index in [0.29, 0.717) is 5.69 Å². The molecule has 0 radical (unpaired) electrons. The van der Waals surface area contributed by atoms with Crippen LogP contribution in [0.25, 0.3) is 0 Å². The monoisotopic (exact) mass is 166 g/mol. The average molecular weight is 166 g/mol. The molecule has 0 aliphatic rings. The first-order valence-corrected chi connectivity index (χ1v) is 3.89. The molecule has 0 saturated carbocycles. The molecule has 1 rings (SSSR count). The molecule has 0 aliphatic heterocycles. The van der Waals surface area contributed by atoms with Crippen LogP contribution in [0.5, 0.6) is 0 Å². The van der Waals surface area contributed by atoms with Crippen LogP contribution in [0.4, 0.5) is 0 Å². The van der Waals surface area contributed by atoms with Gasteiger partial charge in [-0.1, -0.05) is 6.07 Å². The van der Waals surface area contributed by atoms with Crippen LogP contribution < -0.4 is 5.73 Å². The van der Waals surface area contributed by atoms with Crippen LogP contribution in [-0.4, -0.2) is 10.1 Å². The molecule has 66 valence electrons. The van der Waals surface area contributed by atoms with Gasteiger partial charge in [0.25, 0.3) is 0 Å². The number of nitrogens with zero attached hydrogens (tertiary/aromatic N) is 1. The number of aliphatic hydroxyl groups is 1. The Morgan fingerprint density at radius 1 is 1.50 bits per heavy atom. The van der Waals surface area contributed by atoms with Crippen LogP contribution >= 0.6 is 0 Å². The second kappa shape index (κ2) is 3.21. The van der Waals surface area contributed by atoms with Crippen LogP contribution in [0.2, 0.25) is 0 Å². The molecular formula is C9H14N2O. The molecule has 0 amide bonds.